The Kier molecular flexibility index (Phi) is 2.85. The maximum absolute atomic E-state index is 13.2. The molecule has 1 N–H and O–H groups in total. The van der Waals surface area contributed by atoms with Crippen LogP contribution in [0.4, 0.5) is 13.2 Å². The number of fused-ring (bicyclic) bond motifs is 2. The van der Waals surface area contributed by atoms with Crippen LogP contribution >= 0.6 is 0 Å². The molecule has 0 spiro atoms. The molecule has 0 amide bonds. The predicted octanol–water partition coefficient (Wildman–Crippen LogP) is 4.49. The maximum atomic E-state index is 13.2. The molecular formula is C17H12F3N3. The van der Waals surface area contributed by atoms with Gasteiger partial charge in [0, 0.05) is 35.1 Å². The highest BCUT2D eigenvalue weighted by Gasteiger charge is 2.33. The Morgan fingerprint density at radius 1 is 1.17 bits per heavy atom. The van der Waals surface area contributed by atoms with E-state index >= 15 is 0 Å². The molecular weight excluding hydrogens is 303 g/mol. The van der Waals surface area contributed by atoms with Crippen LogP contribution in [0.5, 0.6) is 0 Å². The molecule has 6 heteroatoms. The molecule has 3 heterocycles. The molecule has 4 rings (SSSR count). The number of aromatic amines is 1. The second kappa shape index (κ2) is 4.68. The van der Waals surface area contributed by atoms with E-state index in [4.69, 9.17) is 0 Å². The second-order valence-electron chi connectivity index (χ2n) is 5.59. The van der Waals surface area contributed by atoms with E-state index < -0.39 is 11.7 Å². The minimum atomic E-state index is -4.39. The van der Waals surface area contributed by atoms with Crippen LogP contribution in [0.1, 0.15) is 22.4 Å². The molecule has 0 unspecified atom stereocenters. The molecule has 0 saturated heterocycles. The van der Waals surface area contributed by atoms with Crippen molar-refractivity contribution in [2.24, 2.45) is 4.99 Å². The van der Waals surface area contributed by atoms with E-state index in [1.165, 1.54) is 12.1 Å². The molecule has 0 aliphatic carbocycles. The number of hydrogen-bond acceptors (Lipinski definition) is 2. The van der Waals surface area contributed by atoms with Gasteiger partial charge in [-0.15, -0.1) is 0 Å². The number of pyridine rings is 1. The zero-order valence-corrected chi connectivity index (χ0v) is 12.2. The lowest BCUT2D eigenvalue weighted by Gasteiger charge is -2.14. The van der Waals surface area contributed by atoms with Gasteiger partial charge < -0.3 is 4.98 Å². The number of aliphatic imine (C=N–C) groups is 1. The number of nitrogens with one attached hydrogen (secondary N) is 1. The normalized spacial score (nSPS) is 13.7. The molecule has 1 aliphatic rings. The van der Waals surface area contributed by atoms with Gasteiger partial charge in [-0.1, -0.05) is 0 Å². The quantitative estimate of drug-likeness (QED) is 0.706. The fourth-order valence-corrected chi connectivity index (χ4v) is 3.02. The fourth-order valence-electron chi connectivity index (χ4n) is 3.02. The van der Waals surface area contributed by atoms with E-state index in [1.54, 1.807) is 18.6 Å². The third-order valence-electron chi connectivity index (χ3n) is 4.15. The predicted molar refractivity (Wildman–Crippen MR) is 82.6 cm³/mol. The van der Waals surface area contributed by atoms with Gasteiger partial charge in [0.15, 0.2) is 0 Å². The van der Waals surface area contributed by atoms with Crippen LogP contribution in [0.25, 0.3) is 22.0 Å². The zero-order chi connectivity index (χ0) is 16.2. The summed E-state index contributed by atoms with van der Waals surface area (Å²) in [5.74, 6) is 0. The topological polar surface area (TPSA) is 41.0 Å². The molecule has 2 aromatic heterocycles. The molecule has 0 radical (unpaired) electrons. The summed E-state index contributed by atoms with van der Waals surface area (Å²) < 4.78 is 39.6. The molecule has 0 atom stereocenters. The average Bonchev–Trinajstić information content (AvgIpc) is 3.15. The number of aryl methyl sites for hydroxylation is 1. The van der Waals surface area contributed by atoms with E-state index in [0.717, 1.165) is 22.2 Å². The van der Waals surface area contributed by atoms with E-state index in [0.29, 0.717) is 16.7 Å². The maximum Gasteiger partial charge on any atom is 0.416 e. The minimum absolute atomic E-state index is 0.280. The molecule has 23 heavy (non-hydrogen) atoms. The lowest BCUT2D eigenvalue weighted by molar-refractivity contribution is -0.137. The fraction of sp³-hybridized carbons (Fsp3) is 0.176. The van der Waals surface area contributed by atoms with Crippen LogP contribution in [0.2, 0.25) is 0 Å². The van der Waals surface area contributed by atoms with Crippen LogP contribution in [0.15, 0.2) is 35.6 Å². The lowest BCUT2D eigenvalue weighted by Crippen LogP contribution is -2.07. The van der Waals surface area contributed by atoms with Crippen molar-refractivity contribution in [3.63, 3.8) is 0 Å². The molecule has 1 aliphatic heterocycles. The summed E-state index contributed by atoms with van der Waals surface area (Å²) in [7, 11) is 0. The Balaban J connectivity index is 2.04. The third kappa shape index (κ3) is 2.13. The Morgan fingerprint density at radius 2 is 2.00 bits per heavy atom. The van der Waals surface area contributed by atoms with E-state index in [9.17, 15) is 13.2 Å². The number of alkyl halides is 3. The second-order valence-corrected chi connectivity index (χ2v) is 5.59. The van der Waals surface area contributed by atoms with Gasteiger partial charge in [-0.3, -0.25) is 9.98 Å². The van der Waals surface area contributed by atoms with Gasteiger partial charge in [0.05, 0.1) is 23.3 Å². The van der Waals surface area contributed by atoms with Gasteiger partial charge >= 0.3 is 6.18 Å². The SMILES string of the molecule is Cc1ncc(-c2cc(C(F)(F)F)cc3c2C=NC3)c2cc[nH]c12. The van der Waals surface area contributed by atoms with E-state index in [1.807, 2.05) is 13.0 Å². The van der Waals surface area contributed by atoms with Crippen molar-refractivity contribution in [3.8, 4) is 11.1 Å². The summed E-state index contributed by atoms with van der Waals surface area (Å²) >= 11 is 0. The first-order valence-corrected chi connectivity index (χ1v) is 7.12. The van der Waals surface area contributed by atoms with Crippen molar-refractivity contribution < 1.29 is 13.2 Å². The number of halogens is 3. The molecule has 3 nitrogen and oxygen atoms in total. The van der Waals surface area contributed by atoms with Crippen LogP contribution in [0.3, 0.4) is 0 Å². The van der Waals surface area contributed by atoms with Crippen molar-refractivity contribution in [1.82, 2.24) is 9.97 Å². The number of aromatic nitrogens is 2. The highest BCUT2D eigenvalue weighted by atomic mass is 19.4. The van der Waals surface area contributed by atoms with Gasteiger partial charge in [0.1, 0.15) is 0 Å². The summed E-state index contributed by atoms with van der Waals surface area (Å²) in [6.07, 6.45) is 0.656. The summed E-state index contributed by atoms with van der Waals surface area (Å²) in [5, 5.41) is 0.860. The molecule has 116 valence electrons. The first kappa shape index (κ1) is 14.0. The van der Waals surface area contributed by atoms with Crippen molar-refractivity contribution in [3.05, 3.63) is 53.0 Å². The molecule has 3 aromatic rings. The largest absolute Gasteiger partial charge is 0.416 e. The van der Waals surface area contributed by atoms with E-state index in [2.05, 4.69) is 15.0 Å². The Bertz CT molecular complexity index is 952. The van der Waals surface area contributed by atoms with Crippen LogP contribution in [0, 0.1) is 6.92 Å². The molecule has 0 fully saturated rings. The molecule has 0 bridgehead atoms. The average molecular weight is 315 g/mol. The van der Waals surface area contributed by atoms with Gasteiger partial charge in [-0.25, -0.2) is 0 Å². The highest BCUT2D eigenvalue weighted by Crippen LogP contribution is 2.39. The summed E-state index contributed by atoms with van der Waals surface area (Å²) in [6, 6.07) is 4.23. The summed E-state index contributed by atoms with van der Waals surface area (Å²) in [4.78, 5) is 11.5. The standard InChI is InChI=1S/C17H12F3N3/c1-9-16-12(2-3-22-16)15(8-23-9)13-5-11(17(18,19)20)4-10-6-21-7-14(10)13/h2-5,7-8,22H,6H2,1H3. The van der Waals surface area contributed by atoms with Gasteiger partial charge in [0.25, 0.3) is 0 Å². The highest BCUT2D eigenvalue weighted by molar-refractivity contribution is 6.02. The van der Waals surface area contributed by atoms with Gasteiger partial charge in [-0.2, -0.15) is 13.2 Å². The first-order chi connectivity index (χ1) is 10.9. The van der Waals surface area contributed by atoms with E-state index in [-0.39, 0.29) is 6.54 Å². The lowest BCUT2D eigenvalue weighted by atomic mass is 9.93. The van der Waals surface area contributed by atoms with Crippen LogP contribution in [-0.2, 0) is 12.7 Å². The first-order valence-electron chi connectivity index (χ1n) is 7.12. The smallest absolute Gasteiger partial charge is 0.360 e. The summed E-state index contributed by atoms with van der Waals surface area (Å²) in [6.45, 7) is 2.14. The molecule has 1 aromatic carbocycles. The van der Waals surface area contributed by atoms with Gasteiger partial charge in [0.2, 0.25) is 0 Å². The Morgan fingerprint density at radius 3 is 2.78 bits per heavy atom. The van der Waals surface area contributed by atoms with Crippen LogP contribution in [-0.4, -0.2) is 16.2 Å². The van der Waals surface area contributed by atoms with Crippen molar-refractivity contribution >= 4 is 17.1 Å². The number of H-pyrrole nitrogens is 1. The zero-order valence-electron chi connectivity index (χ0n) is 12.2. The van der Waals surface area contributed by atoms with Crippen LogP contribution < -0.4 is 0 Å². The molecule has 0 saturated carbocycles. The van der Waals surface area contributed by atoms with Crippen molar-refractivity contribution in [1.29, 1.82) is 0 Å². The number of hydrogen-bond donors (Lipinski definition) is 1. The third-order valence-corrected chi connectivity index (χ3v) is 4.15. The number of nitrogens with zero attached hydrogens (tertiary/aromatic N) is 2. The van der Waals surface area contributed by atoms with Crippen molar-refractivity contribution in [2.75, 3.05) is 0 Å². The number of rotatable bonds is 1. The Hall–Kier alpha value is -2.63. The minimum Gasteiger partial charge on any atom is -0.360 e. The Labute approximate surface area is 129 Å². The van der Waals surface area contributed by atoms with Crippen molar-refractivity contribution in [2.45, 2.75) is 19.6 Å². The summed E-state index contributed by atoms with van der Waals surface area (Å²) in [5.41, 5.74) is 3.54. The number of benzene rings is 1. The monoisotopic (exact) mass is 315 g/mol. The van der Waals surface area contributed by atoms with Gasteiger partial charge in [-0.05, 0) is 36.2 Å².